The molecular formula is C24H23Cl3N4S. The van der Waals surface area contributed by atoms with Crippen molar-refractivity contribution in [1.29, 1.82) is 0 Å². The van der Waals surface area contributed by atoms with Gasteiger partial charge in [-0.1, -0.05) is 73.3 Å². The first-order chi connectivity index (χ1) is 15.4. The lowest BCUT2D eigenvalue weighted by molar-refractivity contribution is 0.654. The van der Waals surface area contributed by atoms with Crippen molar-refractivity contribution in [3.8, 4) is 27.8 Å². The molecule has 0 saturated carbocycles. The number of rotatable bonds is 7. The van der Waals surface area contributed by atoms with Crippen molar-refractivity contribution >= 4 is 46.1 Å². The highest BCUT2D eigenvalue weighted by Crippen LogP contribution is 2.38. The van der Waals surface area contributed by atoms with Crippen molar-refractivity contribution < 1.29 is 0 Å². The maximum absolute atomic E-state index is 6.60. The van der Waals surface area contributed by atoms with E-state index >= 15 is 0 Å². The van der Waals surface area contributed by atoms with Gasteiger partial charge in [-0.2, -0.15) is 0 Å². The topological polar surface area (TPSA) is 43.6 Å². The van der Waals surface area contributed by atoms with Gasteiger partial charge in [0.1, 0.15) is 16.5 Å². The van der Waals surface area contributed by atoms with Gasteiger partial charge in [-0.15, -0.1) is 10.2 Å². The summed E-state index contributed by atoms with van der Waals surface area (Å²) in [6.07, 6.45) is 2.95. The predicted molar refractivity (Wildman–Crippen MR) is 136 cm³/mol. The van der Waals surface area contributed by atoms with Crippen LogP contribution in [0.4, 0.5) is 0 Å². The molecule has 1 unspecified atom stereocenters. The molecule has 4 aromatic rings. The number of halogens is 3. The Morgan fingerprint density at radius 1 is 0.969 bits per heavy atom. The molecule has 2 aromatic carbocycles. The summed E-state index contributed by atoms with van der Waals surface area (Å²) >= 11 is 20.5. The average Bonchev–Trinajstić information content (AvgIpc) is 3.39. The molecule has 4 nitrogen and oxygen atoms in total. The highest BCUT2D eigenvalue weighted by molar-refractivity contribution is 7.14. The molecule has 0 saturated heterocycles. The second kappa shape index (κ2) is 9.92. The van der Waals surface area contributed by atoms with Crippen LogP contribution in [0.5, 0.6) is 0 Å². The van der Waals surface area contributed by atoms with Crippen molar-refractivity contribution in [3.63, 3.8) is 0 Å². The van der Waals surface area contributed by atoms with E-state index in [1.54, 1.807) is 17.4 Å². The lowest BCUT2D eigenvalue weighted by atomic mass is 10.1. The minimum atomic E-state index is 0.375. The number of aromatic nitrogens is 4. The fraction of sp³-hybridized carbons (Fsp3) is 0.292. The van der Waals surface area contributed by atoms with Crippen LogP contribution < -0.4 is 0 Å². The zero-order valence-corrected chi connectivity index (χ0v) is 21.2. The van der Waals surface area contributed by atoms with Gasteiger partial charge in [0.2, 0.25) is 0 Å². The minimum absolute atomic E-state index is 0.375. The van der Waals surface area contributed by atoms with Crippen LogP contribution in [0.3, 0.4) is 0 Å². The molecule has 166 valence electrons. The molecule has 0 aliphatic rings. The van der Waals surface area contributed by atoms with Gasteiger partial charge in [-0.25, -0.2) is 4.98 Å². The number of hydrogen-bond acceptors (Lipinski definition) is 4. The molecule has 2 aromatic heterocycles. The Hall–Kier alpha value is -1.92. The van der Waals surface area contributed by atoms with Gasteiger partial charge in [0.25, 0.3) is 0 Å². The average molecular weight is 506 g/mol. The Labute approximate surface area is 207 Å². The van der Waals surface area contributed by atoms with E-state index in [0.29, 0.717) is 21.0 Å². The number of hydrogen-bond donors (Lipinski definition) is 0. The van der Waals surface area contributed by atoms with Crippen LogP contribution in [0.25, 0.3) is 27.8 Å². The van der Waals surface area contributed by atoms with E-state index in [0.717, 1.165) is 57.7 Å². The Morgan fingerprint density at radius 3 is 2.34 bits per heavy atom. The molecular weight excluding hydrogens is 483 g/mol. The molecule has 0 fully saturated rings. The zero-order chi connectivity index (χ0) is 22.8. The van der Waals surface area contributed by atoms with Crippen LogP contribution in [0.2, 0.25) is 15.1 Å². The quantitative estimate of drug-likeness (QED) is 0.253. The lowest BCUT2D eigenvalue weighted by Crippen LogP contribution is -2.02. The summed E-state index contributed by atoms with van der Waals surface area (Å²) in [7, 11) is 0. The summed E-state index contributed by atoms with van der Waals surface area (Å²) < 4.78 is 2.12. The Morgan fingerprint density at radius 2 is 1.69 bits per heavy atom. The van der Waals surface area contributed by atoms with Gasteiger partial charge < -0.3 is 0 Å². The summed E-state index contributed by atoms with van der Waals surface area (Å²) in [4.78, 5) is 5.04. The Kier molecular flexibility index (Phi) is 7.21. The fourth-order valence-electron chi connectivity index (χ4n) is 3.76. The van der Waals surface area contributed by atoms with Gasteiger partial charge in [-0.05, 0) is 55.3 Å². The molecule has 0 bridgehead atoms. The van der Waals surface area contributed by atoms with Gasteiger partial charge >= 0.3 is 0 Å². The third-order valence-corrected chi connectivity index (χ3v) is 7.31. The maximum atomic E-state index is 6.60. The third kappa shape index (κ3) is 4.58. The Balaban J connectivity index is 1.93. The highest BCUT2D eigenvalue weighted by Gasteiger charge is 2.24. The van der Waals surface area contributed by atoms with Gasteiger partial charge in [0.05, 0.1) is 10.7 Å². The molecule has 8 heteroatoms. The molecule has 1 atom stereocenters. The normalized spacial score (nSPS) is 12.3. The first-order valence-corrected chi connectivity index (χ1v) is 12.5. The number of benzene rings is 2. The largest absolute Gasteiger partial charge is 0.296 e. The molecule has 0 N–H and O–H groups in total. The predicted octanol–water partition coefficient (Wildman–Crippen LogP) is 8.48. The second-order valence-corrected chi connectivity index (χ2v) is 9.94. The van der Waals surface area contributed by atoms with E-state index in [1.165, 1.54) is 0 Å². The molecule has 0 radical (unpaired) electrons. The Bertz CT molecular complexity index is 1230. The van der Waals surface area contributed by atoms with E-state index < -0.39 is 0 Å². The standard InChI is InChI=1S/C24H23Cl3N4S/c1-4-6-14(3)23-29-30-24(32-23)21-20(5-2)31(17-10-7-15(25)8-11-17)22(28-21)18-12-9-16(26)13-19(18)27/h7-14H,4-6H2,1-3H3. The first-order valence-electron chi connectivity index (χ1n) is 10.6. The summed E-state index contributed by atoms with van der Waals surface area (Å²) in [5.41, 5.74) is 3.63. The number of nitrogens with zero attached hydrogens (tertiary/aromatic N) is 4. The fourth-order valence-corrected chi connectivity index (χ4v) is 5.32. The van der Waals surface area contributed by atoms with Crippen LogP contribution in [0.1, 0.15) is 50.2 Å². The SMILES string of the molecule is CCCC(C)c1nnc(-c2nc(-c3ccc(Cl)cc3Cl)n(-c3ccc(Cl)cc3)c2CC)s1. The first kappa shape index (κ1) is 23.2. The highest BCUT2D eigenvalue weighted by atomic mass is 35.5. The third-order valence-electron chi connectivity index (χ3n) is 5.35. The summed E-state index contributed by atoms with van der Waals surface area (Å²) in [6, 6.07) is 13.2. The molecule has 2 heterocycles. The lowest BCUT2D eigenvalue weighted by Gasteiger charge is -2.13. The van der Waals surface area contributed by atoms with Crippen molar-refractivity contribution in [2.45, 2.75) is 46.0 Å². The molecule has 0 aliphatic carbocycles. The van der Waals surface area contributed by atoms with Crippen molar-refractivity contribution in [3.05, 3.63) is 68.2 Å². The zero-order valence-electron chi connectivity index (χ0n) is 18.1. The van der Waals surface area contributed by atoms with Crippen LogP contribution >= 0.6 is 46.1 Å². The minimum Gasteiger partial charge on any atom is -0.296 e. The van der Waals surface area contributed by atoms with Crippen LogP contribution in [-0.4, -0.2) is 19.7 Å². The van der Waals surface area contributed by atoms with Crippen LogP contribution in [0, 0.1) is 0 Å². The molecule has 0 spiro atoms. The summed E-state index contributed by atoms with van der Waals surface area (Å²) in [5, 5.41) is 12.6. The van der Waals surface area contributed by atoms with E-state index in [2.05, 4.69) is 35.5 Å². The van der Waals surface area contributed by atoms with Crippen LogP contribution in [-0.2, 0) is 6.42 Å². The van der Waals surface area contributed by atoms with Crippen molar-refractivity contribution in [2.24, 2.45) is 0 Å². The van der Waals surface area contributed by atoms with E-state index in [9.17, 15) is 0 Å². The summed E-state index contributed by atoms with van der Waals surface area (Å²) in [6.45, 7) is 6.49. The van der Waals surface area contributed by atoms with E-state index in [4.69, 9.17) is 39.8 Å². The molecule has 0 aliphatic heterocycles. The van der Waals surface area contributed by atoms with Crippen molar-refractivity contribution in [1.82, 2.24) is 19.7 Å². The molecule has 4 rings (SSSR count). The van der Waals surface area contributed by atoms with Gasteiger partial charge in [0, 0.05) is 27.2 Å². The maximum Gasteiger partial charge on any atom is 0.168 e. The second-order valence-electron chi connectivity index (χ2n) is 7.66. The van der Waals surface area contributed by atoms with Crippen molar-refractivity contribution in [2.75, 3.05) is 0 Å². The summed E-state index contributed by atoms with van der Waals surface area (Å²) in [5.74, 6) is 1.11. The smallest absolute Gasteiger partial charge is 0.168 e. The molecule has 0 amide bonds. The number of imidazole rings is 1. The van der Waals surface area contributed by atoms with Gasteiger partial charge in [-0.3, -0.25) is 4.57 Å². The van der Waals surface area contributed by atoms with Gasteiger partial charge in [0.15, 0.2) is 5.01 Å². The monoisotopic (exact) mass is 504 g/mol. The van der Waals surface area contributed by atoms with E-state index in [-0.39, 0.29) is 0 Å². The molecule has 32 heavy (non-hydrogen) atoms. The van der Waals surface area contributed by atoms with E-state index in [1.807, 2.05) is 36.4 Å². The van der Waals surface area contributed by atoms with Crippen LogP contribution in [0.15, 0.2) is 42.5 Å².